The molecule has 2 rings (SSSR count). The van der Waals surface area contributed by atoms with Gasteiger partial charge in [0.25, 0.3) is 0 Å². The van der Waals surface area contributed by atoms with Crippen LogP contribution in [0.2, 0.25) is 0 Å². The summed E-state index contributed by atoms with van der Waals surface area (Å²) in [4.78, 5) is 1.43. The molecule has 1 aromatic rings. The number of hydrogen-bond acceptors (Lipinski definition) is 4. The van der Waals surface area contributed by atoms with E-state index in [-0.39, 0.29) is 0 Å². The Morgan fingerprint density at radius 1 is 1.39 bits per heavy atom. The molecule has 0 bridgehead atoms. The van der Waals surface area contributed by atoms with Crippen LogP contribution in [0.1, 0.15) is 36.8 Å². The lowest BCUT2D eigenvalue weighted by molar-refractivity contribution is 0.510. The molecule has 0 radical (unpaired) electrons. The van der Waals surface area contributed by atoms with E-state index in [4.69, 9.17) is 0 Å². The highest BCUT2D eigenvalue weighted by molar-refractivity contribution is 8.07. The van der Waals surface area contributed by atoms with Crippen LogP contribution >= 0.6 is 34.9 Å². The van der Waals surface area contributed by atoms with E-state index in [2.05, 4.69) is 61.1 Å². The van der Waals surface area contributed by atoms with Crippen LogP contribution in [-0.2, 0) is 0 Å². The van der Waals surface area contributed by atoms with Gasteiger partial charge in [0, 0.05) is 32.9 Å². The Morgan fingerprint density at radius 2 is 2.17 bits per heavy atom. The van der Waals surface area contributed by atoms with E-state index in [0.29, 0.717) is 11.3 Å². The molecule has 1 saturated heterocycles. The molecule has 1 aliphatic heterocycles. The van der Waals surface area contributed by atoms with Gasteiger partial charge in [0.2, 0.25) is 0 Å². The van der Waals surface area contributed by atoms with Crippen molar-refractivity contribution < 1.29 is 0 Å². The smallest absolute Gasteiger partial charge is 0.0459 e. The summed E-state index contributed by atoms with van der Waals surface area (Å²) < 4.78 is 0. The van der Waals surface area contributed by atoms with Gasteiger partial charge in [-0.3, -0.25) is 0 Å². The molecule has 0 saturated carbocycles. The van der Waals surface area contributed by atoms with E-state index in [0.717, 1.165) is 11.8 Å². The van der Waals surface area contributed by atoms with Gasteiger partial charge >= 0.3 is 0 Å². The lowest BCUT2D eigenvalue weighted by Gasteiger charge is -2.35. The number of hydrogen-bond donors (Lipinski definition) is 1. The van der Waals surface area contributed by atoms with Crippen molar-refractivity contribution in [2.45, 2.75) is 43.7 Å². The molecule has 1 nitrogen and oxygen atoms in total. The van der Waals surface area contributed by atoms with Crippen LogP contribution in [0.15, 0.2) is 11.4 Å². The van der Waals surface area contributed by atoms with E-state index < -0.39 is 0 Å². The molecule has 0 amide bonds. The van der Waals surface area contributed by atoms with Crippen LogP contribution < -0.4 is 5.32 Å². The van der Waals surface area contributed by atoms with Gasteiger partial charge < -0.3 is 5.32 Å². The van der Waals surface area contributed by atoms with Gasteiger partial charge in [0.15, 0.2) is 0 Å². The molecular formula is C14H23NS3. The van der Waals surface area contributed by atoms with Crippen molar-refractivity contribution in [3.63, 3.8) is 0 Å². The van der Waals surface area contributed by atoms with Gasteiger partial charge in [0.1, 0.15) is 0 Å². The van der Waals surface area contributed by atoms with Gasteiger partial charge in [-0.05, 0) is 36.9 Å². The van der Waals surface area contributed by atoms with Crippen LogP contribution in [0.4, 0.5) is 0 Å². The summed E-state index contributed by atoms with van der Waals surface area (Å²) in [5.41, 5.74) is 1.50. The maximum Gasteiger partial charge on any atom is 0.0459 e. The largest absolute Gasteiger partial charge is 0.309 e. The van der Waals surface area contributed by atoms with Gasteiger partial charge in [-0.25, -0.2) is 0 Å². The summed E-state index contributed by atoms with van der Waals surface area (Å²) in [6, 6.07) is 2.90. The van der Waals surface area contributed by atoms with E-state index in [1.54, 1.807) is 0 Å². The lowest BCUT2D eigenvalue weighted by atomic mass is 10.0. The maximum atomic E-state index is 3.77. The quantitative estimate of drug-likeness (QED) is 0.869. The monoisotopic (exact) mass is 301 g/mol. The molecule has 3 unspecified atom stereocenters. The SMILES string of the molecule is CCCNC(c1csc(C)c1)C1SCCSC1C. The van der Waals surface area contributed by atoms with E-state index in [9.17, 15) is 0 Å². The van der Waals surface area contributed by atoms with Crippen molar-refractivity contribution in [3.05, 3.63) is 21.9 Å². The van der Waals surface area contributed by atoms with Gasteiger partial charge in [-0.15, -0.1) is 11.3 Å². The fourth-order valence-corrected chi connectivity index (χ4v) is 6.06. The number of rotatable bonds is 5. The summed E-state index contributed by atoms with van der Waals surface area (Å²) in [6.07, 6.45) is 1.21. The second kappa shape index (κ2) is 7.22. The summed E-state index contributed by atoms with van der Waals surface area (Å²) in [6.45, 7) is 7.96. The zero-order valence-corrected chi connectivity index (χ0v) is 13.9. The molecule has 1 fully saturated rings. The fourth-order valence-electron chi connectivity index (χ4n) is 2.37. The molecule has 0 aromatic carbocycles. The molecule has 3 atom stereocenters. The summed E-state index contributed by atoms with van der Waals surface area (Å²) in [5.74, 6) is 2.61. The molecule has 1 aliphatic rings. The minimum Gasteiger partial charge on any atom is -0.309 e. The van der Waals surface area contributed by atoms with E-state index in [1.165, 1.54) is 28.4 Å². The third-order valence-electron chi connectivity index (χ3n) is 3.29. The second-order valence-electron chi connectivity index (χ2n) is 4.83. The molecule has 1 N–H and O–H groups in total. The average Bonchev–Trinajstić information content (AvgIpc) is 2.78. The number of aryl methyl sites for hydroxylation is 1. The topological polar surface area (TPSA) is 12.0 Å². The van der Waals surface area contributed by atoms with Crippen molar-refractivity contribution in [2.24, 2.45) is 0 Å². The van der Waals surface area contributed by atoms with Crippen LogP contribution in [0.5, 0.6) is 0 Å². The number of thioether (sulfide) groups is 2. The molecule has 1 aromatic heterocycles. The van der Waals surface area contributed by atoms with Crippen molar-refractivity contribution in [2.75, 3.05) is 18.1 Å². The number of thiophene rings is 1. The first-order valence-electron chi connectivity index (χ1n) is 6.74. The third-order valence-corrected chi connectivity index (χ3v) is 7.36. The van der Waals surface area contributed by atoms with Crippen molar-refractivity contribution >= 4 is 34.9 Å². The number of nitrogens with one attached hydrogen (secondary N) is 1. The van der Waals surface area contributed by atoms with Crippen LogP contribution in [0.25, 0.3) is 0 Å². The highest BCUT2D eigenvalue weighted by Gasteiger charge is 2.31. The fraction of sp³-hybridized carbons (Fsp3) is 0.714. The zero-order valence-electron chi connectivity index (χ0n) is 11.4. The van der Waals surface area contributed by atoms with Crippen molar-refractivity contribution in [3.8, 4) is 0 Å². The Morgan fingerprint density at radius 3 is 2.78 bits per heavy atom. The minimum atomic E-state index is 0.530. The predicted octanol–water partition coefficient (Wildman–Crippen LogP) is 4.33. The first kappa shape index (κ1) is 14.8. The summed E-state index contributed by atoms with van der Waals surface area (Å²) in [5, 5.41) is 7.57. The van der Waals surface area contributed by atoms with Gasteiger partial charge in [-0.2, -0.15) is 23.5 Å². The molecule has 102 valence electrons. The van der Waals surface area contributed by atoms with E-state index >= 15 is 0 Å². The lowest BCUT2D eigenvalue weighted by Crippen LogP contribution is -2.37. The normalized spacial score (nSPS) is 26.2. The highest BCUT2D eigenvalue weighted by Crippen LogP contribution is 2.39. The molecule has 4 heteroatoms. The Balaban J connectivity index is 2.13. The Bertz CT molecular complexity index is 364. The van der Waals surface area contributed by atoms with Crippen LogP contribution in [-0.4, -0.2) is 28.6 Å². The third kappa shape index (κ3) is 3.69. The molecule has 2 heterocycles. The second-order valence-corrected chi connectivity index (χ2v) is 8.72. The summed E-state index contributed by atoms with van der Waals surface area (Å²) in [7, 11) is 0. The van der Waals surface area contributed by atoms with Crippen LogP contribution in [0.3, 0.4) is 0 Å². The maximum absolute atomic E-state index is 3.77. The predicted molar refractivity (Wildman–Crippen MR) is 88.3 cm³/mol. The van der Waals surface area contributed by atoms with Crippen LogP contribution in [0, 0.1) is 6.92 Å². The first-order valence-corrected chi connectivity index (χ1v) is 9.71. The Kier molecular flexibility index (Phi) is 5.93. The van der Waals surface area contributed by atoms with Gasteiger partial charge in [0.05, 0.1) is 0 Å². The molecule has 18 heavy (non-hydrogen) atoms. The van der Waals surface area contributed by atoms with Crippen molar-refractivity contribution in [1.82, 2.24) is 5.32 Å². The standard InChI is InChI=1S/C14H23NS3/c1-4-5-15-13(12-8-10(2)18-9-12)14-11(3)16-6-7-17-14/h8-9,11,13-15H,4-7H2,1-3H3. The van der Waals surface area contributed by atoms with Crippen molar-refractivity contribution in [1.29, 1.82) is 0 Å². The molecule has 0 spiro atoms. The van der Waals surface area contributed by atoms with E-state index in [1.807, 2.05) is 11.3 Å². The van der Waals surface area contributed by atoms with Gasteiger partial charge in [-0.1, -0.05) is 13.8 Å². The Hall–Kier alpha value is 0.360. The minimum absolute atomic E-state index is 0.530. The molecule has 0 aliphatic carbocycles. The zero-order chi connectivity index (χ0) is 13.0. The average molecular weight is 302 g/mol. The molecular weight excluding hydrogens is 278 g/mol. The Labute approximate surface area is 124 Å². The highest BCUT2D eigenvalue weighted by atomic mass is 32.2. The summed E-state index contributed by atoms with van der Waals surface area (Å²) >= 11 is 6.16. The first-order chi connectivity index (χ1) is 8.72.